The van der Waals surface area contributed by atoms with E-state index >= 15 is 0 Å². The summed E-state index contributed by atoms with van der Waals surface area (Å²) in [4.78, 5) is 10.6. The minimum Gasteiger partial charge on any atom is -0.288 e. The molecule has 1 rings (SSSR count). The van der Waals surface area contributed by atoms with Gasteiger partial charge in [0.05, 0.1) is 10.8 Å². The Labute approximate surface area is 97.0 Å². The second-order valence-corrected chi connectivity index (χ2v) is 4.27. The lowest BCUT2D eigenvalue weighted by Gasteiger charge is -1.94. The average molecular weight is 243 g/mol. The number of carbonyl (C=O) groups excluding carboxylic acids is 1. The molecule has 0 unspecified atom stereocenters. The Kier molecular flexibility index (Phi) is 4.67. The fourth-order valence-corrected chi connectivity index (χ4v) is 1.42. The molecule has 1 aromatic rings. The van der Waals surface area contributed by atoms with E-state index in [0.29, 0.717) is 11.3 Å². The molecule has 0 aliphatic rings. The summed E-state index contributed by atoms with van der Waals surface area (Å²) >= 11 is 6.88. The van der Waals surface area contributed by atoms with Crippen molar-refractivity contribution in [3.8, 4) is 11.8 Å². The fourth-order valence-electron chi connectivity index (χ4n) is 0.860. The zero-order chi connectivity index (χ0) is 11.3. The van der Waals surface area contributed by atoms with Gasteiger partial charge in [-0.1, -0.05) is 35.2 Å². The third kappa shape index (κ3) is 4.37. The van der Waals surface area contributed by atoms with Crippen LogP contribution in [0.4, 0.5) is 4.39 Å². The highest BCUT2D eigenvalue weighted by atomic mass is 35.5. The molecule has 0 spiro atoms. The molecule has 0 heterocycles. The van der Waals surface area contributed by atoms with Gasteiger partial charge in [0.2, 0.25) is 0 Å². The summed E-state index contributed by atoms with van der Waals surface area (Å²) in [5.74, 6) is 5.59. The van der Waals surface area contributed by atoms with Gasteiger partial charge in [0, 0.05) is 12.5 Å². The SMILES string of the molecule is CC(=O)SCC#Cc1ccc(F)cc1Cl. The normalized spacial score (nSPS) is 9.27. The van der Waals surface area contributed by atoms with E-state index in [1.807, 2.05) is 0 Å². The van der Waals surface area contributed by atoms with Crippen LogP contribution in [-0.2, 0) is 4.79 Å². The summed E-state index contributed by atoms with van der Waals surface area (Å²) in [6, 6.07) is 4.03. The van der Waals surface area contributed by atoms with Gasteiger partial charge in [-0.3, -0.25) is 4.79 Å². The molecule has 0 N–H and O–H groups in total. The summed E-state index contributed by atoms with van der Waals surface area (Å²) < 4.78 is 12.7. The van der Waals surface area contributed by atoms with Crippen molar-refractivity contribution in [1.29, 1.82) is 0 Å². The smallest absolute Gasteiger partial charge is 0.186 e. The first kappa shape index (κ1) is 12.1. The van der Waals surface area contributed by atoms with Crippen molar-refractivity contribution >= 4 is 28.5 Å². The van der Waals surface area contributed by atoms with Gasteiger partial charge >= 0.3 is 0 Å². The molecule has 15 heavy (non-hydrogen) atoms. The van der Waals surface area contributed by atoms with Crippen molar-refractivity contribution in [2.75, 3.05) is 5.75 Å². The van der Waals surface area contributed by atoms with E-state index in [1.54, 1.807) is 0 Å². The van der Waals surface area contributed by atoms with Crippen LogP contribution in [0.1, 0.15) is 12.5 Å². The lowest BCUT2D eigenvalue weighted by atomic mass is 10.2. The van der Waals surface area contributed by atoms with E-state index in [2.05, 4.69) is 11.8 Å². The van der Waals surface area contributed by atoms with E-state index in [1.165, 1.54) is 25.1 Å². The van der Waals surface area contributed by atoms with Gasteiger partial charge in [-0.15, -0.1) is 0 Å². The first-order valence-electron chi connectivity index (χ1n) is 4.17. The fraction of sp³-hybridized carbons (Fsp3) is 0.182. The Bertz CT molecular complexity index is 434. The third-order valence-electron chi connectivity index (χ3n) is 1.50. The maximum Gasteiger partial charge on any atom is 0.186 e. The molecule has 1 aromatic carbocycles. The minimum atomic E-state index is -0.385. The maximum atomic E-state index is 12.7. The molecule has 78 valence electrons. The van der Waals surface area contributed by atoms with Crippen LogP contribution in [0.3, 0.4) is 0 Å². The molecule has 0 radical (unpaired) electrons. The van der Waals surface area contributed by atoms with Gasteiger partial charge in [0.15, 0.2) is 5.12 Å². The summed E-state index contributed by atoms with van der Waals surface area (Å²) in [6.07, 6.45) is 0. The van der Waals surface area contributed by atoms with E-state index in [-0.39, 0.29) is 16.0 Å². The molecule has 0 fully saturated rings. The molecule has 0 bridgehead atoms. The maximum absolute atomic E-state index is 12.7. The van der Waals surface area contributed by atoms with Crippen molar-refractivity contribution < 1.29 is 9.18 Å². The number of thioether (sulfide) groups is 1. The molecule has 0 saturated heterocycles. The standard InChI is InChI=1S/C11H8ClFOS/c1-8(14)15-6-2-3-9-4-5-10(13)7-11(9)12/h4-5,7H,6H2,1H3. The molecular weight excluding hydrogens is 235 g/mol. The second-order valence-electron chi connectivity index (χ2n) is 2.71. The predicted molar refractivity (Wildman–Crippen MR) is 61.4 cm³/mol. The molecule has 0 saturated carbocycles. The van der Waals surface area contributed by atoms with Gasteiger partial charge < -0.3 is 0 Å². The van der Waals surface area contributed by atoms with Gasteiger partial charge in [-0.25, -0.2) is 4.39 Å². The van der Waals surface area contributed by atoms with Crippen LogP contribution in [-0.4, -0.2) is 10.9 Å². The van der Waals surface area contributed by atoms with Crippen molar-refractivity contribution in [3.63, 3.8) is 0 Å². The highest BCUT2D eigenvalue weighted by molar-refractivity contribution is 8.13. The van der Waals surface area contributed by atoms with Gasteiger partial charge in [-0.2, -0.15) is 0 Å². The van der Waals surface area contributed by atoms with Crippen molar-refractivity contribution in [2.45, 2.75) is 6.92 Å². The van der Waals surface area contributed by atoms with E-state index in [4.69, 9.17) is 11.6 Å². The Morgan fingerprint density at radius 1 is 1.60 bits per heavy atom. The van der Waals surface area contributed by atoms with Crippen LogP contribution in [0.2, 0.25) is 5.02 Å². The Morgan fingerprint density at radius 3 is 2.93 bits per heavy atom. The number of halogens is 2. The Balaban J connectivity index is 2.67. The topological polar surface area (TPSA) is 17.1 Å². The Morgan fingerprint density at radius 2 is 2.33 bits per heavy atom. The summed E-state index contributed by atoms with van der Waals surface area (Å²) in [5.41, 5.74) is 0.571. The molecule has 0 amide bonds. The first-order valence-corrected chi connectivity index (χ1v) is 5.53. The monoisotopic (exact) mass is 242 g/mol. The number of carbonyl (C=O) groups is 1. The predicted octanol–water partition coefficient (Wildman–Crippen LogP) is 3.11. The zero-order valence-electron chi connectivity index (χ0n) is 8.01. The molecular formula is C11H8ClFOS. The average Bonchev–Trinajstić information content (AvgIpc) is 2.14. The quantitative estimate of drug-likeness (QED) is 0.704. The van der Waals surface area contributed by atoms with Gasteiger partial charge in [0.25, 0.3) is 0 Å². The van der Waals surface area contributed by atoms with Crippen LogP contribution in [0.5, 0.6) is 0 Å². The largest absolute Gasteiger partial charge is 0.288 e. The molecule has 0 atom stereocenters. The summed E-state index contributed by atoms with van der Waals surface area (Å²) in [6.45, 7) is 1.48. The van der Waals surface area contributed by atoms with Crippen molar-refractivity contribution in [3.05, 3.63) is 34.6 Å². The Hall–Kier alpha value is -0.980. The summed E-state index contributed by atoms with van der Waals surface area (Å²) in [5, 5.41) is 0.310. The second kappa shape index (κ2) is 5.79. The van der Waals surface area contributed by atoms with Crippen LogP contribution >= 0.6 is 23.4 Å². The highest BCUT2D eigenvalue weighted by Gasteiger charge is 1.98. The lowest BCUT2D eigenvalue weighted by Crippen LogP contribution is -1.83. The molecule has 4 heteroatoms. The zero-order valence-corrected chi connectivity index (χ0v) is 9.58. The number of hydrogen-bond acceptors (Lipinski definition) is 2. The lowest BCUT2D eigenvalue weighted by molar-refractivity contribution is -0.109. The van der Waals surface area contributed by atoms with E-state index in [0.717, 1.165) is 11.8 Å². The molecule has 0 aliphatic heterocycles. The van der Waals surface area contributed by atoms with Crippen molar-refractivity contribution in [1.82, 2.24) is 0 Å². The van der Waals surface area contributed by atoms with Crippen LogP contribution in [0.25, 0.3) is 0 Å². The molecule has 0 aliphatic carbocycles. The molecule has 0 aromatic heterocycles. The third-order valence-corrected chi connectivity index (χ3v) is 2.51. The highest BCUT2D eigenvalue weighted by Crippen LogP contribution is 2.15. The molecule has 1 nitrogen and oxygen atoms in total. The van der Waals surface area contributed by atoms with Crippen LogP contribution in [0.15, 0.2) is 18.2 Å². The number of benzene rings is 1. The van der Waals surface area contributed by atoms with E-state index < -0.39 is 0 Å². The van der Waals surface area contributed by atoms with Crippen LogP contribution in [0, 0.1) is 17.7 Å². The number of rotatable bonds is 1. The summed E-state index contributed by atoms with van der Waals surface area (Å²) in [7, 11) is 0. The van der Waals surface area contributed by atoms with Gasteiger partial charge in [-0.05, 0) is 18.2 Å². The van der Waals surface area contributed by atoms with Crippen LogP contribution < -0.4 is 0 Å². The number of hydrogen-bond donors (Lipinski definition) is 0. The minimum absolute atomic E-state index is 0.0227. The first-order chi connectivity index (χ1) is 7.09. The van der Waals surface area contributed by atoms with Crippen molar-refractivity contribution in [2.24, 2.45) is 0 Å². The van der Waals surface area contributed by atoms with E-state index in [9.17, 15) is 9.18 Å². The van der Waals surface area contributed by atoms with Gasteiger partial charge in [0.1, 0.15) is 5.82 Å².